The fourth-order valence-electron chi connectivity index (χ4n) is 0.987. The molecule has 0 radical (unpaired) electrons. The number of amides is 1. The molecule has 0 aliphatic carbocycles. The lowest BCUT2D eigenvalue weighted by atomic mass is 10.2. The van der Waals surface area contributed by atoms with Crippen molar-refractivity contribution in [1.29, 1.82) is 5.26 Å². The molecule has 0 aromatic heterocycles. The zero-order chi connectivity index (χ0) is 11.1. The van der Waals surface area contributed by atoms with E-state index >= 15 is 0 Å². The number of carbonyl (C=O) groups is 1. The molecule has 1 rings (SSSR count). The van der Waals surface area contributed by atoms with E-state index in [9.17, 15) is 4.79 Å². The second kappa shape index (κ2) is 6.33. The highest BCUT2D eigenvalue weighted by Gasteiger charge is 2.00. The quantitative estimate of drug-likeness (QED) is 0.648. The van der Waals surface area contributed by atoms with Gasteiger partial charge in [0.2, 0.25) is 5.91 Å². The Labute approximate surface area is 97.4 Å². The van der Waals surface area contributed by atoms with Crippen LogP contribution in [-0.2, 0) is 10.5 Å². The molecule has 3 nitrogen and oxygen atoms in total. The van der Waals surface area contributed by atoms with Gasteiger partial charge < -0.3 is 0 Å². The first-order valence-electron chi connectivity index (χ1n) is 4.22. The van der Waals surface area contributed by atoms with Gasteiger partial charge in [-0.3, -0.25) is 10.1 Å². The first-order valence-corrected chi connectivity index (χ1v) is 5.76. The van der Waals surface area contributed by atoms with Crippen molar-refractivity contribution in [2.24, 2.45) is 0 Å². The minimum atomic E-state index is -0.274. The van der Waals surface area contributed by atoms with E-state index in [-0.39, 0.29) is 11.7 Å². The topological polar surface area (TPSA) is 52.9 Å². The Morgan fingerprint density at radius 1 is 1.60 bits per heavy atom. The maximum atomic E-state index is 10.9. The van der Waals surface area contributed by atoms with Gasteiger partial charge in [-0.05, 0) is 17.7 Å². The van der Waals surface area contributed by atoms with Gasteiger partial charge in [-0.25, -0.2) is 0 Å². The molecule has 78 valence electrons. The smallest absolute Gasteiger partial charge is 0.242 e. The summed E-state index contributed by atoms with van der Waals surface area (Å²) in [7, 11) is 0. The number of nitriles is 1. The molecule has 15 heavy (non-hydrogen) atoms. The van der Waals surface area contributed by atoms with E-state index in [1.54, 1.807) is 12.3 Å². The van der Waals surface area contributed by atoms with Crippen molar-refractivity contribution in [3.05, 3.63) is 34.9 Å². The van der Waals surface area contributed by atoms with E-state index < -0.39 is 0 Å². The van der Waals surface area contributed by atoms with Crippen LogP contribution in [0.4, 0.5) is 0 Å². The van der Waals surface area contributed by atoms with Gasteiger partial charge in [-0.15, -0.1) is 11.8 Å². The van der Waals surface area contributed by atoms with Crippen LogP contribution in [0.15, 0.2) is 24.3 Å². The Balaban J connectivity index is 2.32. The normalized spacial score (nSPS) is 9.33. The fourth-order valence-corrected chi connectivity index (χ4v) is 1.97. The predicted molar refractivity (Wildman–Crippen MR) is 61.4 cm³/mol. The van der Waals surface area contributed by atoms with Crippen LogP contribution >= 0.6 is 23.4 Å². The number of halogens is 1. The molecule has 1 aromatic carbocycles. The van der Waals surface area contributed by atoms with Gasteiger partial charge in [-0.1, -0.05) is 23.7 Å². The van der Waals surface area contributed by atoms with Gasteiger partial charge in [-0.2, -0.15) is 5.26 Å². The van der Waals surface area contributed by atoms with Crippen molar-refractivity contribution in [2.75, 3.05) is 5.75 Å². The molecule has 5 heteroatoms. The molecule has 0 unspecified atom stereocenters. The van der Waals surface area contributed by atoms with Crippen LogP contribution in [0.25, 0.3) is 0 Å². The van der Waals surface area contributed by atoms with Crippen molar-refractivity contribution in [3.8, 4) is 6.19 Å². The van der Waals surface area contributed by atoms with Gasteiger partial charge in [0.05, 0.1) is 5.75 Å². The lowest BCUT2D eigenvalue weighted by Gasteiger charge is -2.00. The maximum absolute atomic E-state index is 10.9. The first-order chi connectivity index (χ1) is 7.22. The second-order valence-electron chi connectivity index (χ2n) is 2.78. The monoisotopic (exact) mass is 240 g/mol. The summed E-state index contributed by atoms with van der Waals surface area (Å²) < 4.78 is 0. The number of hydrogen-bond donors (Lipinski definition) is 1. The molecule has 0 bridgehead atoms. The number of thioether (sulfide) groups is 1. The SMILES string of the molecule is N#CNC(=O)CSCc1cccc(Cl)c1. The summed E-state index contributed by atoms with van der Waals surface area (Å²) >= 11 is 7.25. The van der Waals surface area contributed by atoms with Crippen molar-refractivity contribution < 1.29 is 4.79 Å². The zero-order valence-electron chi connectivity index (χ0n) is 7.87. The summed E-state index contributed by atoms with van der Waals surface area (Å²) in [4.78, 5) is 10.9. The number of benzene rings is 1. The van der Waals surface area contributed by atoms with Crippen LogP contribution in [0.1, 0.15) is 5.56 Å². The zero-order valence-corrected chi connectivity index (χ0v) is 9.44. The Kier molecular flexibility index (Phi) is 5.02. The van der Waals surface area contributed by atoms with Gasteiger partial charge in [0.25, 0.3) is 0 Å². The molecule has 0 saturated carbocycles. The summed E-state index contributed by atoms with van der Waals surface area (Å²) in [5.74, 6) is 0.712. The molecule has 1 N–H and O–H groups in total. The van der Waals surface area contributed by atoms with Crippen LogP contribution in [0, 0.1) is 11.5 Å². The molecule has 0 aliphatic rings. The van der Waals surface area contributed by atoms with Gasteiger partial charge >= 0.3 is 0 Å². The van der Waals surface area contributed by atoms with Crippen molar-refractivity contribution >= 4 is 29.3 Å². The van der Waals surface area contributed by atoms with E-state index in [1.807, 2.05) is 18.2 Å². The second-order valence-corrected chi connectivity index (χ2v) is 4.20. The maximum Gasteiger partial charge on any atom is 0.242 e. The molecule has 0 spiro atoms. The Morgan fingerprint density at radius 2 is 2.40 bits per heavy atom. The number of rotatable bonds is 4. The van der Waals surface area contributed by atoms with Crippen molar-refractivity contribution in [1.82, 2.24) is 5.32 Å². The minimum absolute atomic E-state index is 0.274. The van der Waals surface area contributed by atoms with Crippen LogP contribution in [-0.4, -0.2) is 11.7 Å². The standard InChI is InChI=1S/C10H9ClN2OS/c11-9-3-1-2-8(4-9)5-15-6-10(14)13-7-12/h1-4H,5-6H2,(H,13,14). The molecule has 0 heterocycles. The molecule has 0 aliphatic heterocycles. The van der Waals surface area contributed by atoms with E-state index in [0.29, 0.717) is 10.8 Å². The minimum Gasteiger partial charge on any atom is -0.273 e. The van der Waals surface area contributed by atoms with Crippen LogP contribution in [0.2, 0.25) is 5.02 Å². The average Bonchev–Trinajstić information content (AvgIpc) is 2.18. The van der Waals surface area contributed by atoms with Crippen LogP contribution in [0.5, 0.6) is 0 Å². The summed E-state index contributed by atoms with van der Waals surface area (Å²) in [5, 5.41) is 10.9. The van der Waals surface area contributed by atoms with Crippen LogP contribution < -0.4 is 5.32 Å². The van der Waals surface area contributed by atoms with E-state index in [0.717, 1.165) is 5.56 Å². The van der Waals surface area contributed by atoms with Crippen LogP contribution in [0.3, 0.4) is 0 Å². The Hall–Kier alpha value is -1.18. The number of nitrogens with one attached hydrogen (secondary N) is 1. The molecule has 1 aromatic rings. The highest BCUT2D eigenvalue weighted by Crippen LogP contribution is 2.16. The summed E-state index contributed by atoms with van der Waals surface area (Å²) in [6.45, 7) is 0. The highest BCUT2D eigenvalue weighted by atomic mass is 35.5. The molecule has 0 atom stereocenters. The summed E-state index contributed by atoms with van der Waals surface area (Å²) in [6.07, 6.45) is 1.59. The fraction of sp³-hybridized carbons (Fsp3) is 0.200. The van der Waals surface area contributed by atoms with Gasteiger partial charge in [0.1, 0.15) is 0 Å². The summed E-state index contributed by atoms with van der Waals surface area (Å²) in [5.41, 5.74) is 1.07. The first kappa shape index (κ1) is 11.9. The third kappa shape index (κ3) is 4.73. The third-order valence-electron chi connectivity index (χ3n) is 1.59. The molecular formula is C10H9ClN2OS. The van der Waals surface area contributed by atoms with Crippen molar-refractivity contribution in [3.63, 3.8) is 0 Å². The molecule has 0 fully saturated rings. The van der Waals surface area contributed by atoms with Gasteiger partial charge in [0, 0.05) is 10.8 Å². The van der Waals surface area contributed by atoms with E-state index in [4.69, 9.17) is 16.9 Å². The Morgan fingerprint density at radius 3 is 3.07 bits per heavy atom. The van der Waals surface area contributed by atoms with E-state index in [1.165, 1.54) is 11.8 Å². The lowest BCUT2D eigenvalue weighted by molar-refractivity contribution is -0.117. The molecule has 0 saturated heterocycles. The highest BCUT2D eigenvalue weighted by molar-refractivity contribution is 7.99. The molecule has 1 amide bonds. The predicted octanol–water partition coefficient (Wildman–Crippen LogP) is 2.17. The number of carbonyl (C=O) groups excluding carboxylic acids is 1. The molecular weight excluding hydrogens is 232 g/mol. The van der Waals surface area contributed by atoms with Gasteiger partial charge in [0.15, 0.2) is 6.19 Å². The number of hydrogen-bond acceptors (Lipinski definition) is 3. The average molecular weight is 241 g/mol. The van der Waals surface area contributed by atoms with Crippen molar-refractivity contribution in [2.45, 2.75) is 5.75 Å². The lowest BCUT2D eigenvalue weighted by Crippen LogP contribution is -2.19. The summed E-state index contributed by atoms with van der Waals surface area (Å²) in [6, 6.07) is 7.48. The Bertz CT molecular complexity index is 389. The number of nitrogens with zero attached hydrogens (tertiary/aromatic N) is 1. The largest absolute Gasteiger partial charge is 0.273 e. The third-order valence-corrected chi connectivity index (χ3v) is 2.83. The van der Waals surface area contributed by atoms with E-state index in [2.05, 4.69) is 5.32 Å².